The molecule has 0 bridgehead atoms. The molecule has 5 nitrogen and oxygen atoms in total. The number of para-hydroxylation sites is 1. The van der Waals surface area contributed by atoms with E-state index in [0.717, 1.165) is 18.2 Å². The predicted octanol–water partition coefficient (Wildman–Crippen LogP) is 5.19. The van der Waals surface area contributed by atoms with Crippen LogP contribution in [0.5, 0.6) is 0 Å². The maximum absolute atomic E-state index is 13.1. The summed E-state index contributed by atoms with van der Waals surface area (Å²) in [4.78, 5) is 25.8. The average molecular weight is 412 g/mol. The third kappa shape index (κ3) is 5.20. The van der Waals surface area contributed by atoms with E-state index in [1.54, 1.807) is 36.6 Å². The summed E-state index contributed by atoms with van der Waals surface area (Å²) >= 11 is 0. The van der Waals surface area contributed by atoms with E-state index in [4.69, 9.17) is 4.42 Å². The normalized spacial score (nSPS) is 11.7. The third-order valence-corrected chi connectivity index (χ3v) is 5.20. The lowest BCUT2D eigenvalue weighted by atomic mass is 10.0. The van der Waals surface area contributed by atoms with Crippen molar-refractivity contribution in [2.45, 2.75) is 25.3 Å². The number of hydrogen-bond acceptors (Lipinski definition) is 3. The Kier molecular flexibility index (Phi) is 6.43. The minimum Gasteiger partial charge on any atom is -0.462 e. The average Bonchev–Trinajstić information content (AvgIpc) is 3.29. The molecule has 0 aliphatic carbocycles. The maximum atomic E-state index is 13.1. The van der Waals surface area contributed by atoms with Gasteiger partial charge >= 0.3 is 0 Å². The standard InChI is InChI=1S/C26H24N2O3/c29-25(21-12-5-2-6-13-21)28-23(16-7-11-19-9-3-1-4-10-19)26(30)27-22-15-8-14-20-17-18-31-24(20)22/h1-6,8-10,12-15,17-18,23H,7,11,16H2,(H,27,30)(H,28,29). The summed E-state index contributed by atoms with van der Waals surface area (Å²) in [6.45, 7) is 0. The fraction of sp³-hybridized carbons (Fsp3) is 0.154. The number of fused-ring (bicyclic) bond motifs is 1. The van der Waals surface area contributed by atoms with Gasteiger partial charge in [0.2, 0.25) is 5.91 Å². The van der Waals surface area contributed by atoms with E-state index in [0.29, 0.717) is 23.3 Å². The third-order valence-electron chi connectivity index (χ3n) is 5.20. The molecular weight excluding hydrogens is 388 g/mol. The molecule has 0 saturated heterocycles. The van der Waals surface area contributed by atoms with Crippen LogP contribution >= 0.6 is 0 Å². The van der Waals surface area contributed by atoms with E-state index in [-0.39, 0.29) is 11.8 Å². The Morgan fingerprint density at radius 1 is 0.839 bits per heavy atom. The smallest absolute Gasteiger partial charge is 0.251 e. The second kappa shape index (κ2) is 9.76. The SMILES string of the molecule is O=C(NC(CCCc1ccccc1)C(=O)Nc1cccc2ccoc12)c1ccccc1. The Hall–Kier alpha value is -3.86. The Labute approximate surface area is 181 Å². The largest absolute Gasteiger partial charge is 0.462 e. The molecule has 4 rings (SSSR count). The Bertz CT molecular complexity index is 1150. The molecule has 1 aromatic heterocycles. The van der Waals surface area contributed by atoms with Crippen LogP contribution in [0.2, 0.25) is 0 Å². The first-order valence-corrected chi connectivity index (χ1v) is 10.4. The molecule has 0 fully saturated rings. The van der Waals surface area contributed by atoms with Crippen molar-refractivity contribution in [2.24, 2.45) is 0 Å². The lowest BCUT2D eigenvalue weighted by molar-refractivity contribution is -0.118. The molecule has 4 aromatic rings. The van der Waals surface area contributed by atoms with Gasteiger partial charge in [0.15, 0.2) is 5.58 Å². The van der Waals surface area contributed by atoms with Crippen molar-refractivity contribution in [3.63, 3.8) is 0 Å². The number of carbonyl (C=O) groups is 2. The highest BCUT2D eigenvalue weighted by atomic mass is 16.3. The molecule has 0 aliphatic heterocycles. The number of anilines is 1. The van der Waals surface area contributed by atoms with Crippen molar-refractivity contribution in [3.8, 4) is 0 Å². The molecule has 0 aliphatic rings. The second-order valence-corrected chi connectivity index (χ2v) is 7.40. The van der Waals surface area contributed by atoms with Crippen molar-refractivity contribution in [1.82, 2.24) is 5.32 Å². The molecule has 156 valence electrons. The van der Waals surface area contributed by atoms with Gasteiger partial charge in [-0.3, -0.25) is 9.59 Å². The Morgan fingerprint density at radius 3 is 2.35 bits per heavy atom. The molecule has 2 amide bonds. The summed E-state index contributed by atoms with van der Waals surface area (Å²) in [7, 11) is 0. The number of hydrogen-bond donors (Lipinski definition) is 2. The lowest BCUT2D eigenvalue weighted by Crippen LogP contribution is -2.43. The van der Waals surface area contributed by atoms with Gasteiger partial charge in [-0.25, -0.2) is 0 Å². The number of benzene rings is 3. The predicted molar refractivity (Wildman–Crippen MR) is 122 cm³/mol. The summed E-state index contributed by atoms with van der Waals surface area (Å²) in [6.07, 6.45) is 3.71. The van der Waals surface area contributed by atoms with Crippen LogP contribution < -0.4 is 10.6 Å². The van der Waals surface area contributed by atoms with Gasteiger partial charge in [0, 0.05) is 10.9 Å². The maximum Gasteiger partial charge on any atom is 0.251 e. The van der Waals surface area contributed by atoms with Crippen molar-refractivity contribution >= 4 is 28.5 Å². The Morgan fingerprint density at radius 2 is 1.58 bits per heavy atom. The van der Waals surface area contributed by atoms with E-state index < -0.39 is 6.04 Å². The first-order chi connectivity index (χ1) is 15.2. The van der Waals surface area contributed by atoms with Gasteiger partial charge in [-0.15, -0.1) is 0 Å². The van der Waals surface area contributed by atoms with E-state index in [9.17, 15) is 9.59 Å². The summed E-state index contributed by atoms with van der Waals surface area (Å²) in [5, 5.41) is 6.74. The number of nitrogens with one attached hydrogen (secondary N) is 2. The number of aryl methyl sites for hydroxylation is 1. The summed E-state index contributed by atoms with van der Waals surface area (Å²) in [5.74, 6) is -0.530. The van der Waals surface area contributed by atoms with E-state index in [1.807, 2.05) is 42.5 Å². The van der Waals surface area contributed by atoms with Crippen LogP contribution in [0.15, 0.2) is 95.6 Å². The number of furan rings is 1. The summed E-state index contributed by atoms with van der Waals surface area (Å²) in [6, 6.07) is 25.8. The van der Waals surface area contributed by atoms with Gasteiger partial charge in [0.25, 0.3) is 5.91 Å². The first-order valence-electron chi connectivity index (χ1n) is 10.4. The summed E-state index contributed by atoms with van der Waals surface area (Å²) in [5.41, 5.74) is 2.94. The van der Waals surface area contributed by atoms with Crippen molar-refractivity contribution in [1.29, 1.82) is 0 Å². The first kappa shape index (κ1) is 20.4. The lowest BCUT2D eigenvalue weighted by Gasteiger charge is -2.19. The minimum absolute atomic E-state index is 0.263. The molecule has 0 spiro atoms. The molecule has 2 N–H and O–H groups in total. The van der Waals surface area contributed by atoms with Gasteiger partial charge in [-0.2, -0.15) is 0 Å². The monoisotopic (exact) mass is 412 g/mol. The van der Waals surface area contributed by atoms with Crippen LogP contribution in [0, 0.1) is 0 Å². The molecule has 1 heterocycles. The zero-order valence-corrected chi connectivity index (χ0v) is 17.1. The second-order valence-electron chi connectivity index (χ2n) is 7.40. The molecule has 0 radical (unpaired) electrons. The zero-order valence-electron chi connectivity index (χ0n) is 17.1. The van der Waals surface area contributed by atoms with Crippen LogP contribution in [0.1, 0.15) is 28.8 Å². The van der Waals surface area contributed by atoms with Crippen LogP contribution in [-0.4, -0.2) is 17.9 Å². The molecule has 1 atom stereocenters. The van der Waals surface area contributed by atoms with Crippen molar-refractivity contribution in [3.05, 3.63) is 102 Å². The number of rotatable bonds is 8. The van der Waals surface area contributed by atoms with Gasteiger partial charge < -0.3 is 15.1 Å². The molecular formula is C26H24N2O3. The number of amides is 2. The summed E-state index contributed by atoms with van der Waals surface area (Å²) < 4.78 is 5.52. The van der Waals surface area contributed by atoms with Crippen molar-refractivity contribution in [2.75, 3.05) is 5.32 Å². The van der Waals surface area contributed by atoms with Crippen LogP contribution in [0.4, 0.5) is 5.69 Å². The quantitative estimate of drug-likeness (QED) is 0.418. The van der Waals surface area contributed by atoms with Gasteiger partial charge in [0.1, 0.15) is 6.04 Å². The Balaban J connectivity index is 1.48. The minimum atomic E-state index is -0.665. The van der Waals surface area contributed by atoms with Crippen LogP contribution in [0.3, 0.4) is 0 Å². The van der Waals surface area contributed by atoms with Crippen LogP contribution in [0.25, 0.3) is 11.0 Å². The molecule has 31 heavy (non-hydrogen) atoms. The fourth-order valence-corrected chi connectivity index (χ4v) is 3.57. The topological polar surface area (TPSA) is 71.3 Å². The van der Waals surface area contributed by atoms with Gasteiger partial charge in [-0.1, -0.05) is 60.7 Å². The van der Waals surface area contributed by atoms with Gasteiger partial charge in [0.05, 0.1) is 12.0 Å². The zero-order chi connectivity index (χ0) is 21.5. The molecule has 3 aromatic carbocycles. The molecule has 0 saturated carbocycles. The molecule has 1 unspecified atom stereocenters. The number of carbonyl (C=O) groups excluding carboxylic acids is 2. The molecule has 5 heteroatoms. The van der Waals surface area contributed by atoms with Crippen molar-refractivity contribution < 1.29 is 14.0 Å². The van der Waals surface area contributed by atoms with Crippen LogP contribution in [-0.2, 0) is 11.2 Å². The highest BCUT2D eigenvalue weighted by Gasteiger charge is 2.22. The highest BCUT2D eigenvalue weighted by molar-refractivity contribution is 6.04. The van der Waals surface area contributed by atoms with Gasteiger partial charge in [-0.05, 0) is 49.1 Å². The van der Waals surface area contributed by atoms with E-state index >= 15 is 0 Å². The van der Waals surface area contributed by atoms with E-state index in [1.165, 1.54) is 5.56 Å². The highest BCUT2D eigenvalue weighted by Crippen LogP contribution is 2.24. The fourth-order valence-electron chi connectivity index (χ4n) is 3.57. The van der Waals surface area contributed by atoms with E-state index in [2.05, 4.69) is 22.8 Å².